The van der Waals surface area contributed by atoms with Crippen molar-refractivity contribution in [3.05, 3.63) is 72.3 Å². The summed E-state index contributed by atoms with van der Waals surface area (Å²) in [4.78, 5) is 0. The van der Waals surface area contributed by atoms with Crippen LogP contribution in [-0.4, -0.2) is 0 Å². The van der Waals surface area contributed by atoms with Gasteiger partial charge >= 0.3 is 0 Å². The summed E-state index contributed by atoms with van der Waals surface area (Å²) in [5.41, 5.74) is 1.54. The lowest BCUT2D eigenvalue weighted by Gasteiger charge is -2.22. The number of fused-ring (bicyclic) bond motifs is 1. The number of rotatable bonds is 6. The van der Waals surface area contributed by atoms with Crippen LogP contribution in [0.4, 0.5) is 0 Å². The molecule has 6 aromatic rings. The molecule has 0 saturated heterocycles. The van der Waals surface area contributed by atoms with Crippen molar-refractivity contribution in [3.8, 4) is 0 Å². The van der Waals surface area contributed by atoms with E-state index in [0.29, 0.717) is 0 Å². The van der Waals surface area contributed by atoms with Gasteiger partial charge in [-0.1, -0.05) is 106 Å². The smallest absolute Gasteiger partial charge is 0.00113 e. The van der Waals surface area contributed by atoms with Gasteiger partial charge in [0.05, 0.1) is 0 Å². The number of hydrogen-bond acceptors (Lipinski definition) is 0. The molecule has 0 fully saturated rings. The molecule has 1 unspecified atom stereocenters. The quantitative estimate of drug-likeness (QED) is 0.197. The molecule has 0 bridgehead atoms. The molecule has 0 nitrogen and oxygen atoms in total. The third kappa shape index (κ3) is 2.46. The molecule has 0 aliphatic rings. The first kappa shape index (κ1) is 18.0. The minimum absolute atomic E-state index is 0.774. The van der Waals surface area contributed by atoms with Gasteiger partial charge in [-0.25, -0.2) is 0 Å². The van der Waals surface area contributed by atoms with E-state index in [2.05, 4.69) is 80.6 Å². The van der Waals surface area contributed by atoms with E-state index >= 15 is 0 Å². The highest BCUT2D eigenvalue weighted by molar-refractivity contribution is 6.39. The summed E-state index contributed by atoms with van der Waals surface area (Å²) in [5.74, 6) is 0.774. The van der Waals surface area contributed by atoms with Gasteiger partial charge in [0.25, 0.3) is 0 Å². The highest BCUT2D eigenvalue weighted by Crippen LogP contribution is 2.46. The average Bonchev–Trinajstić information content (AvgIpc) is 2.80. The highest BCUT2D eigenvalue weighted by atomic mass is 14.2. The Balaban J connectivity index is 1.75. The van der Waals surface area contributed by atoms with Crippen molar-refractivity contribution >= 4 is 53.9 Å². The van der Waals surface area contributed by atoms with Gasteiger partial charge in [0, 0.05) is 0 Å². The second kappa shape index (κ2) is 6.84. The fourth-order valence-electron chi connectivity index (χ4n) is 5.83. The van der Waals surface area contributed by atoms with Gasteiger partial charge in [-0.05, 0) is 71.8 Å². The fourth-order valence-corrected chi connectivity index (χ4v) is 5.83. The predicted octanol–water partition coefficient (Wildman–Crippen LogP) is 9.09. The molecule has 0 heterocycles. The van der Waals surface area contributed by atoms with E-state index in [1.165, 1.54) is 91.5 Å². The molecule has 0 heteroatoms. The molecule has 0 amide bonds. The van der Waals surface area contributed by atoms with E-state index in [4.69, 9.17) is 0 Å². The third-order valence-corrected chi connectivity index (χ3v) is 7.39. The largest absolute Gasteiger partial charge is 0.0654 e. The molecule has 6 rings (SSSR count). The maximum Gasteiger partial charge on any atom is -0.00113 e. The molecular formula is C30H28. The van der Waals surface area contributed by atoms with E-state index in [0.717, 1.165) is 5.92 Å². The first-order valence-corrected chi connectivity index (χ1v) is 11.6. The Morgan fingerprint density at radius 1 is 0.633 bits per heavy atom. The molecule has 0 radical (unpaired) electrons. The highest BCUT2D eigenvalue weighted by Gasteiger charge is 2.19. The molecule has 0 saturated carbocycles. The van der Waals surface area contributed by atoms with Crippen LogP contribution in [0.1, 0.15) is 45.1 Å². The summed E-state index contributed by atoms with van der Waals surface area (Å²) in [6.45, 7) is 4.67. The van der Waals surface area contributed by atoms with Crippen molar-refractivity contribution in [2.75, 3.05) is 0 Å². The lowest BCUT2D eigenvalue weighted by molar-refractivity contribution is 0.450. The standard InChI is InChI=1S/C30H28/c1-3-5-8-19(4-2)17-23-18-22-14-13-20-9-6-11-25-26-12-7-10-21-15-16-24(23)30(28(21)26)29(22)27(20)25/h6-7,9-16,18-19H,3-5,8,17H2,1-2H3. The normalized spacial score (nSPS) is 13.5. The Labute approximate surface area is 178 Å². The summed E-state index contributed by atoms with van der Waals surface area (Å²) in [5, 5.41) is 14.2. The minimum atomic E-state index is 0.774. The first-order chi connectivity index (χ1) is 14.8. The van der Waals surface area contributed by atoms with Gasteiger partial charge < -0.3 is 0 Å². The van der Waals surface area contributed by atoms with Gasteiger partial charge in [-0.15, -0.1) is 0 Å². The SMILES string of the molecule is CCCCC(CC)Cc1cc2ccc3cccc4c5cccc6ccc1c(c65)c2c34. The maximum absolute atomic E-state index is 2.50. The Kier molecular flexibility index (Phi) is 4.09. The zero-order valence-electron chi connectivity index (χ0n) is 18.0. The Morgan fingerprint density at radius 3 is 2.00 bits per heavy atom. The fraction of sp³-hybridized carbons (Fsp3) is 0.267. The van der Waals surface area contributed by atoms with E-state index < -0.39 is 0 Å². The molecule has 0 N–H and O–H groups in total. The molecule has 30 heavy (non-hydrogen) atoms. The molecule has 6 aromatic carbocycles. The Morgan fingerprint density at radius 2 is 1.30 bits per heavy atom. The summed E-state index contributed by atoms with van der Waals surface area (Å²) in [6.07, 6.45) is 6.42. The lowest BCUT2D eigenvalue weighted by Crippen LogP contribution is -2.04. The van der Waals surface area contributed by atoms with Crippen LogP contribution in [0.3, 0.4) is 0 Å². The van der Waals surface area contributed by atoms with Crippen LogP contribution in [0.15, 0.2) is 66.7 Å². The molecule has 148 valence electrons. The van der Waals surface area contributed by atoms with Crippen LogP contribution < -0.4 is 0 Å². The second-order valence-corrected chi connectivity index (χ2v) is 9.12. The van der Waals surface area contributed by atoms with Gasteiger partial charge in [0.15, 0.2) is 0 Å². The van der Waals surface area contributed by atoms with Gasteiger partial charge in [-0.3, -0.25) is 0 Å². The zero-order valence-corrected chi connectivity index (χ0v) is 18.0. The van der Waals surface area contributed by atoms with Crippen LogP contribution in [0, 0.1) is 5.92 Å². The van der Waals surface area contributed by atoms with Crippen LogP contribution in [0.25, 0.3) is 53.9 Å². The topological polar surface area (TPSA) is 0 Å². The second-order valence-electron chi connectivity index (χ2n) is 9.12. The van der Waals surface area contributed by atoms with Crippen molar-refractivity contribution in [1.82, 2.24) is 0 Å². The zero-order chi connectivity index (χ0) is 20.2. The summed E-state index contributed by atoms with van der Waals surface area (Å²) >= 11 is 0. The lowest BCUT2D eigenvalue weighted by atomic mass is 9.82. The van der Waals surface area contributed by atoms with Crippen molar-refractivity contribution in [2.45, 2.75) is 46.0 Å². The molecule has 1 atom stereocenters. The predicted molar refractivity (Wildman–Crippen MR) is 133 cm³/mol. The third-order valence-electron chi connectivity index (χ3n) is 7.39. The van der Waals surface area contributed by atoms with Crippen LogP contribution in [0.2, 0.25) is 0 Å². The molecular weight excluding hydrogens is 360 g/mol. The summed E-state index contributed by atoms with van der Waals surface area (Å²) in [7, 11) is 0. The minimum Gasteiger partial charge on any atom is -0.0654 e. The Bertz CT molecular complexity index is 1490. The van der Waals surface area contributed by atoms with Crippen molar-refractivity contribution in [2.24, 2.45) is 5.92 Å². The Hall–Kier alpha value is -2.86. The van der Waals surface area contributed by atoms with Gasteiger partial charge in [-0.2, -0.15) is 0 Å². The maximum atomic E-state index is 2.50. The molecule has 0 aliphatic heterocycles. The van der Waals surface area contributed by atoms with Gasteiger partial charge in [0.1, 0.15) is 0 Å². The monoisotopic (exact) mass is 388 g/mol. The van der Waals surface area contributed by atoms with Crippen molar-refractivity contribution in [3.63, 3.8) is 0 Å². The molecule has 0 spiro atoms. The average molecular weight is 389 g/mol. The van der Waals surface area contributed by atoms with Crippen LogP contribution in [-0.2, 0) is 6.42 Å². The summed E-state index contributed by atoms with van der Waals surface area (Å²) in [6, 6.07) is 25.5. The number of hydrogen-bond donors (Lipinski definition) is 0. The van der Waals surface area contributed by atoms with E-state index in [1.54, 1.807) is 0 Å². The number of benzene rings is 6. The van der Waals surface area contributed by atoms with Crippen LogP contribution in [0.5, 0.6) is 0 Å². The van der Waals surface area contributed by atoms with Crippen molar-refractivity contribution < 1.29 is 0 Å². The van der Waals surface area contributed by atoms with E-state index in [-0.39, 0.29) is 0 Å². The first-order valence-electron chi connectivity index (χ1n) is 11.6. The van der Waals surface area contributed by atoms with E-state index in [1.807, 2.05) is 0 Å². The van der Waals surface area contributed by atoms with Gasteiger partial charge in [0.2, 0.25) is 0 Å². The summed E-state index contributed by atoms with van der Waals surface area (Å²) < 4.78 is 0. The van der Waals surface area contributed by atoms with Crippen LogP contribution >= 0.6 is 0 Å². The molecule has 0 aromatic heterocycles. The van der Waals surface area contributed by atoms with E-state index in [9.17, 15) is 0 Å². The molecule has 0 aliphatic carbocycles. The van der Waals surface area contributed by atoms with Crippen molar-refractivity contribution in [1.29, 1.82) is 0 Å². The number of unbranched alkanes of at least 4 members (excludes halogenated alkanes) is 1.